The average molecular weight is 363 g/mol. The Morgan fingerprint density at radius 1 is 1.28 bits per heavy atom. The molecule has 7 heteroatoms. The summed E-state index contributed by atoms with van der Waals surface area (Å²) >= 11 is 0. The third-order valence-electron chi connectivity index (χ3n) is 4.37. The van der Waals surface area contributed by atoms with Crippen molar-refractivity contribution in [3.05, 3.63) is 53.5 Å². The maximum atomic E-state index is 13.1. The van der Waals surface area contributed by atoms with Crippen LogP contribution < -0.4 is 4.74 Å². The van der Waals surface area contributed by atoms with Crippen molar-refractivity contribution in [2.75, 3.05) is 18.6 Å². The van der Waals surface area contributed by atoms with Gasteiger partial charge < -0.3 is 14.1 Å². The van der Waals surface area contributed by atoms with Crippen LogP contribution in [0.1, 0.15) is 28.3 Å². The average Bonchev–Trinajstić information content (AvgIpc) is 3.16. The van der Waals surface area contributed by atoms with E-state index in [-0.39, 0.29) is 30.0 Å². The molecular formula is C18H21NO5S. The van der Waals surface area contributed by atoms with Gasteiger partial charge in [0.25, 0.3) is 5.91 Å². The number of amides is 1. The second kappa shape index (κ2) is 6.92. The fraction of sp³-hybridized carbons (Fsp3) is 0.389. The van der Waals surface area contributed by atoms with Crippen LogP contribution in [0.2, 0.25) is 0 Å². The highest BCUT2D eigenvalue weighted by Gasteiger charge is 2.36. The number of benzene rings is 1. The third kappa shape index (κ3) is 3.87. The molecule has 1 aliphatic rings. The molecule has 6 nitrogen and oxygen atoms in total. The number of sulfone groups is 1. The molecule has 134 valence electrons. The van der Waals surface area contributed by atoms with Gasteiger partial charge in [-0.2, -0.15) is 0 Å². The minimum absolute atomic E-state index is 0.0203. The molecule has 25 heavy (non-hydrogen) atoms. The molecule has 0 N–H and O–H groups in total. The molecule has 0 radical (unpaired) electrons. The topological polar surface area (TPSA) is 76.8 Å². The van der Waals surface area contributed by atoms with Crippen LogP contribution in [0.5, 0.6) is 5.75 Å². The quantitative estimate of drug-likeness (QED) is 0.815. The van der Waals surface area contributed by atoms with Crippen LogP contribution in [0.15, 0.2) is 40.8 Å². The molecule has 0 saturated carbocycles. The molecule has 1 fully saturated rings. The largest absolute Gasteiger partial charge is 0.496 e. The number of hydrogen-bond donors (Lipinski definition) is 0. The van der Waals surface area contributed by atoms with E-state index in [1.807, 2.05) is 13.0 Å². The first-order chi connectivity index (χ1) is 11.9. The Kier molecular flexibility index (Phi) is 4.85. The smallest absolute Gasteiger partial charge is 0.258 e. The maximum Gasteiger partial charge on any atom is 0.258 e. The molecule has 3 rings (SSSR count). The number of methoxy groups -OCH3 is 1. The molecule has 0 unspecified atom stereocenters. The summed E-state index contributed by atoms with van der Waals surface area (Å²) in [6, 6.07) is 10.2. The summed E-state index contributed by atoms with van der Waals surface area (Å²) < 4.78 is 34.7. The zero-order valence-corrected chi connectivity index (χ0v) is 15.1. The van der Waals surface area contributed by atoms with Gasteiger partial charge in [-0.1, -0.05) is 12.1 Å². The van der Waals surface area contributed by atoms with Crippen LogP contribution in [0.25, 0.3) is 0 Å². The monoisotopic (exact) mass is 363 g/mol. The lowest BCUT2D eigenvalue weighted by molar-refractivity contribution is 0.0662. The predicted molar refractivity (Wildman–Crippen MR) is 93.4 cm³/mol. The summed E-state index contributed by atoms with van der Waals surface area (Å²) in [5.74, 6) is 1.67. The summed E-state index contributed by atoms with van der Waals surface area (Å²) in [6.45, 7) is 2.06. The molecule has 1 amide bonds. The Morgan fingerprint density at radius 2 is 2.04 bits per heavy atom. The molecule has 2 aromatic rings. The van der Waals surface area contributed by atoms with Gasteiger partial charge in [-0.3, -0.25) is 4.79 Å². The Labute approximate surface area is 147 Å². The summed E-state index contributed by atoms with van der Waals surface area (Å²) in [5, 5.41) is 0. The molecule has 2 heterocycles. The normalized spacial score (nSPS) is 18.9. The minimum atomic E-state index is -3.11. The van der Waals surface area contributed by atoms with Crippen LogP contribution in [0.3, 0.4) is 0 Å². The number of nitrogens with zero attached hydrogens (tertiary/aromatic N) is 1. The van der Waals surface area contributed by atoms with E-state index in [1.54, 1.807) is 35.2 Å². The second-order valence-electron chi connectivity index (χ2n) is 6.20. The van der Waals surface area contributed by atoms with Crippen molar-refractivity contribution >= 4 is 15.7 Å². The molecule has 0 spiro atoms. The molecule has 1 aliphatic heterocycles. The molecule has 1 aromatic carbocycles. The number of ether oxygens (including phenoxy) is 1. The maximum absolute atomic E-state index is 13.1. The van der Waals surface area contributed by atoms with Gasteiger partial charge >= 0.3 is 0 Å². The Bertz CT molecular complexity index is 871. The van der Waals surface area contributed by atoms with Gasteiger partial charge in [0.2, 0.25) is 0 Å². The zero-order valence-electron chi connectivity index (χ0n) is 14.3. The van der Waals surface area contributed by atoms with Crippen molar-refractivity contribution in [2.24, 2.45) is 0 Å². The molecule has 0 bridgehead atoms. The van der Waals surface area contributed by atoms with E-state index < -0.39 is 9.84 Å². The van der Waals surface area contributed by atoms with Gasteiger partial charge in [0.1, 0.15) is 17.3 Å². The number of carbonyl (C=O) groups excluding carboxylic acids is 1. The van der Waals surface area contributed by atoms with Gasteiger partial charge in [-0.15, -0.1) is 0 Å². The van der Waals surface area contributed by atoms with Crippen molar-refractivity contribution in [1.29, 1.82) is 0 Å². The van der Waals surface area contributed by atoms with E-state index in [9.17, 15) is 13.2 Å². The van der Waals surface area contributed by atoms with Crippen LogP contribution >= 0.6 is 0 Å². The van der Waals surface area contributed by atoms with Crippen LogP contribution in [-0.4, -0.2) is 43.9 Å². The first kappa shape index (κ1) is 17.5. The second-order valence-corrected chi connectivity index (χ2v) is 8.43. The van der Waals surface area contributed by atoms with E-state index in [2.05, 4.69) is 0 Å². The third-order valence-corrected chi connectivity index (χ3v) is 6.12. The van der Waals surface area contributed by atoms with E-state index in [4.69, 9.17) is 9.15 Å². The Balaban J connectivity index is 1.94. The molecule has 0 aliphatic carbocycles. The Hall–Kier alpha value is -2.28. The van der Waals surface area contributed by atoms with Crippen LogP contribution in [-0.2, 0) is 16.4 Å². The molecule has 1 aromatic heterocycles. The number of aryl methyl sites for hydroxylation is 1. The zero-order chi connectivity index (χ0) is 18.0. The van der Waals surface area contributed by atoms with Crippen molar-refractivity contribution in [3.63, 3.8) is 0 Å². The summed E-state index contributed by atoms with van der Waals surface area (Å²) in [7, 11) is -1.61. The number of rotatable bonds is 5. The summed E-state index contributed by atoms with van der Waals surface area (Å²) in [5.41, 5.74) is 0.414. The molecular weight excluding hydrogens is 342 g/mol. The fourth-order valence-corrected chi connectivity index (χ4v) is 4.83. The first-order valence-corrected chi connectivity index (χ1v) is 9.91. The van der Waals surface area contributed by atoms with Crippen molar-refractivity contribution < 1.29 is 22.4 Å². The van der Waals surface area contributed by atoms with Crippen molar-refractivity contribution in [3.8, 4) is 5.75 Å². The highest BCUT2D eigenvalue weighted by atomic mass is 32.2. The molecule has 1 saturated heterocycles. The highest BCUT2D eigenvalue weighted by Crippen LogP contribution is 2.26. The van der Waals surface area contributed by atoms with E-state index >= 15 is 0 Å². The highest BCUT2D eigenvalue weighted by molar-refractivity contribution is 7.91. The van der Waals surface area contributed by atoms with Crippen molar-refractivity contribution in [1.82, 2.24) is 4.90 Å². The summed E-state index contributed by atoms with van der Waals surface area (Å²) in [4.78, 5) is 14.7. The van der Waals surface area contributed by atoms with Gasteiger partial charge in [-0.05, 0) is 37.6 Å². The lowest BCUT2D eigenvalue weighted by Gasteiger charge is -2.28. The SMILES string of the molecule is COc1ccccc1C(=O)N(Cc1ccc(C)o1)[C@@H]1CCS(=O)(=O)C1. The lowest BCUT2D eigenvalue weighted by atomic mass is 10.1. The molecule has 1 atom stereocenters. The standard InChI is InChI=1S/C18H21NO5S/c1-13-7-8-15(24-13)11-19(14-9-10-25(21,22)12-14)18(20)16-5-3-4-6-17(16)23-2/h3-8,14H,9-12H2,1-2H3/t14-/m1/s1. The number of hydrogen-bond acceptors (Lipinski definition) is 5. The number of carbonyl (C=O) groups is 1. The van der Waals surface area contributed by atoms with Crippen LogP contribution in [0.4, 0.5) is 0 Å². The predicted octanol–water partition coefficient (Wildman–Crippen LogP) is 2.43. The van der Waals surface area contributed by atoms with E-state index in [1.165, 1.54) is 7.11 Å². The van der Waals surface area contributed by atoms with Gasteiger partial charge in [0.15, 0.2) is 9.84 Å². The summed E-state index contributed by atoms with van der Waals surface area (Å²) in [6.07, 6.45) is 0.433. The van der Waals surface area contributed by atoms with E-state index in [0.29, 0.717) is 23.5 Å². The lowest BCUT2D eigenvalue weighted by Crippen LogP contribution is -2.40. The fourth-order valence-electron chi connectivity index (χ4n) is 3.10. The van der Waals surface area contributed by atoms with E-state index in [0.717, 1.165) is 5.76 Å². The van der Waals surface area contributed by atoms with Gasteiger partial charge in [0, 0.05) is 6.04 Å². The van der Waals surface area contributed by atoms with Crippen molar-refractivity contribution in [2.45, 2.75) is 25.9 Å². The number of furan rings is 1. The Morgan fingerprint density at radius 3 is 2.64 bits per heavy atom. The van der Waals surface area contributed by atoms with Gasteiger partial charge in [-0.25, -0.2) is 8.42 Å². The van der Waals surface area contributed by atoms with Crippen LogP contribution in [0, 0.1) is 6.92 Å². The first-order valence-electron chi connectivity index (χ1n) is 8.09. The minimum Gasteiger partial charge on any atom is -0.496 e. The number of para-hydroxylation sites is 1. The van der Waals surface area contributed by atoms with Gasteiger partial charge in [0.05, 0.1) is 30.7 Å².